The van der Waals surface area contributed by atoms with Crippen LogP contribution in [0.15, 0.2) is 76.5 Å². The highest BCUT2D eigenvalue weighted by Gasteiger charge is 2.10. The predicted octanol–water partition coefficient (Wildman–Crippen LogP) is 4.74. The summed E-state index contributed by atoms with van der Waals surface area (Å²) in [6, 6.07) is 20.2. The second kappa shape index (κ2) is 10.1. The van der Waals surface area contributed by atoms with E-state index in [9.17, 15) is 9.59 Å². The lowest BCUT2D eigenvalue weighted by Gasteiger charge is -2.08. The van der Waals surface area contributed by atoms with Crippen LogP contribution in [0.4, 0.5) is 5.69 Å². The fourth-order valence-electron chi connectivity index (χ4n) is 2.68. The molecule has 0 aliphatic carbocycles. The molecule has 154 valence electrons. The van der Waals surface area contributed by atoms with E-state index >= 15 is 0 Å². The Morgan fingerprint density at radius 1 is 0.900 bits per heavy atom. The van der Waals surface area contributed by atoms with Gasteiger partial charge in [-0.05, 0) is 79.1 Å². The van der Waals surface area contributed by atoms with E-state index in [1.54, 1.807) is 36.0 Å². The molecule has 0 heterocycles. The van der Waals surface area contributed by atoms with Crippen molar-refractivity contribution in [2.24, 2.45) is 0 Å². The van der Waals surface area contributed by atoms with Crippen molar-refractivity contribution >= 4 is 29.3 Å². The van der Waals surface area contributed by atoms with Gasteiger partial charge in [-0.15, -0.1) is 0 Å². The van der Waals surface area contributed by atoms with E-state index in [4.69, 9.17) is 9.84 Å². The van der Waals surface area contributed by atoms with E-state index < -0.39 is 11.9 Å². The van der Waals surface area contributed by atoms with E-state index in [1.807, 2.05) is 24.3 Å². The first-order chi connectivity index (χ1) is 14.4. The molecular formula is C24H23NO4S. The molecule has 0 unspecified atom stereocenters. The summed E-state index contributed by atoms with van der Waals surface area (Å²) in [7, 11) is 0. The van der Waals surface area contributed by atoms with Gasteiger partial charge >= 0.3 is 5.97 Å². The van der Waals surface area contributed by atoms with Gasteiger partial charge in [0.1, 0.15) is 0 Å². The zero-order chi connectivity index (χ0) is 21.5. The molecule has 3 aromatic carbocycles. The zero-order valence-corrected chi connectivity index (χ0v) is 17.7. The van der Waals surface area contributed by atoms with Gasteiger partial charge in [-0.2, -0.15) is 0 Å². The van der Waals surface area contributed by atoms with E-state index in [1.165, 1.54) is 11.1 Å². The first-order valence-electron chi connectivity index (χ1n) is 9.46. The molecule has 5 nitrogen and oxygen atoms in total. The summed E-state index contributed by atoms with van der Waals surface area (Å²) >= 11 is 1.65. The monoisotopic (exact) mass is 421 g/mol. The molecule has 0 aliphatic heterocycles. The maximum Gasteiger partial charge on any atom is 0.338 e. The molecule has 0 fully saturated rings. The van der Waals surface area contributed by atoms with E-state index in [0.717, 1.165) is 9.79 Å². The van der Waals surface area contributed by atoms with Crippen molar-refractivity contribution in [3.8, 4) is 0 Å². The SMILES string of the molecule is Cc1ccc(Sc2ccc(NC(=O)COC(=O)c3ccc(CO)cc3)cc2)cc1C. The predicted molar refractivity (Wildman–Crippen MR) is 118 cm³/mol. The van der Waals surface area contributed by atoms with Crippen molar-refractivity contribution in [2.45, 2.75) is 30.2 Å². The van der Waals surface area contributed by atoms with Crippen LogP contribution in [0.3, 0.4) is 0 Å². The molecule has 30 heavy (non-hydrogen) atoms. The Hall–Kier alpha value is -3.09. The van der Waals surface area contributed by atoms with Crippen LogP contribution in [0.2, 0.25) is 0 Å². The topological polar surface area (TPSA) is 75.6 Å². The van der Waals surface area contributed by atoms with Crippen molar-refractivity contribution in [3.05, 3.63) is 89.0 Å². The number of hydrogen-bond donors (Lipinski definition) is 2. The molecule has 1 amide bonds. The van der Waals surface area contributed by atoms with Gasteiger partial charge in [0.05, 0.1) is 12.2 Å². The van der Waals surface area contributed by atoms with Crippen LogP contribution in [0.5, 0.6) is 0 Å². The summed E-state index contributed by atoms with van der Waals surface area (Å²) in [4.78, 5) is 26.3. The number of rotatable bonds is 7. The van der Waals surface area contributed by atoms with Crippen LogP contribution in [0.1, 0.15) is 27.0 Å². The minimum Gasteiger partial charge on any atom is -0.452 e. The molecule has 3 aromatic rings. The number of ether oxygens (including phenoxy) is 1. The van der Waals surface area contributed by atoms with Crippen molar-refractivity contribution in [1.82, 2.24) is 0 Å². The summed E-state index contributed by atoms with van der Waals surface area (Å²) in [5.74, 6) is -1.00. The second-order valence-electron chi connectivity index (χ2n) is 6.85. The number of aryl methyl sites for hydroxylation is 2. The number of aliphatic hydroxyl groups is 1. The molecule has 0 spiro atoms. The lowest BCUT2D eigenvalue weighted by molar-refractivity contribution is -0.119. The summed E-state index contributed by atoms with van der Waals surface area (Å²) < 4.78 is 5.04. The summed E-state index contributed by atoms with van der Waals surface area (Å²) in [5, 5.41) is 11.7. The van der Waals surface area contributed by atoms with Crippen LogP contribution in [0.25, 0.3) is 0 Å². The zero-order valence-electron chi connectivity index (χ0n) is 16.8. The van der Waals surface area contributed by atoms with Crippen LogP contribution in [-0.4, -0.2) is 23.6 Å². The number of hydrogen-bond acceptors (Lipinski definition) is 5. The van der Waals surface area contributed by atoms with Crippen molar-refractivity contribution < 1.29 is 19.4 Å². The Kier molecular flexibility index (Phi) is 7.27. The number of anilines is 1. The quantitative estimate of drug-likeness (QED) is 0.539. The highest BCUT2D eigenvalue weighted by Crippen LogP contribution is 2.29. The fraction of sp³-hybridized carbons (Fsp3) is 0.167. The highest BCUT2D eigenvalue weighted by molar-refractivity contribution is 7.99. The summed E-state index contributed by atoms with van der Waals surface area (Å²) in [5.41, 5.74) is 4.17. The molecule has 0 aliphatic rings. The number of benzene rings is 3. The van der Waals surface area contributed by atoms with Crippen LogP contribution >= 0.6 is 11.8 Å². The molecule has 3 rings (SSSR count). The van der Waals surface area contributed by atoms with Crippen LogP contribution in [-0.2, 0) is 16.1 Å². The standard InChI is InChI=1S/C24H23NO4S/c1-16-3-10-22(13-17(16)2)30-21-11-8-20(9-12-21)25-23(27)15-29-24(28)19-6-4-18(14-26)5-7-19/h3-13,26H,14-15H2,1-2H3,(H,25,27). The maximum absolute atomic E-state index is 12.1. The highest BCUT2D eigenvalue weighted by atomic mass is 32.2. The van der Waals surface area contributed by atoms with E-state index in [0.29, 0.717) is 16.8 Å². The van der Waals surface area contributed by atoms with Gasteiger partial charge in [0.25, 0.3) is 5.91 Å². The molecule has 0 saturated carbocycles. The third kappa shape index (κ3) is 5.95. The molecular weight excluding hydrogens is 398 g/mol. The Labute approximate surface area is 180 Å². The minimum atomic E-state index is -0.588. The fourth-order valence-corrected chi connectivity index (χ4v) is 3.59. The van der Waals surface area contributed by atoms with Gasteiger partial charge < -0.3 is 15.2 Å². The van der Waals surface area contributed by atoms with Gasteiger partial charge in [-0.25, -0.2) is 4.79 Å². The molecule has 2 N–H and O–H groups in total. The number of carbonyl (C=O) groups excluding carboxylic acids is 2. The smallest absolute Gasteiger partial charge is 0.338 e. The third-order valence-corrected chi connectivity index (χ3v) is 5.56. The maximum atomic E-state index is 12.1. The normalized spacial score (nSPS) is 10.5. The van der Waals surface area contributed by atoms with Crippen molar-refractivity contribution in [1.29, 1.82) is 0 Å². The largest absolute Gasteiger partial charge is 0.452 e. The molecule has 0 aromatic heterocycles. The summed E-state index contributed by atoms with van der Waals surface area (Å²) in [6.07, 6.45) is 0. The Balaban J connectivity index is 1.50. The first kappa shape index (κ1) is 21.6. The minimum absolute atomic E-state index is 0.0975. The van der Waals surface area contributed by atoms with Crippen LogP contribution in [0, 0.1) is 13.8 Å². The number of amides is 1. The molecule has 0 saturated heterocycles. The second-order valence-corrected chi connectivity index (χ2v) is 8.00. The average molecular weight is 422 g/mol. The van der Waals surface area contributed by atoms with E-state index in [2.05, 4.69) is 37.4 Å². The Morgan fingerprint density at radius 3 is 2.20 bits per heavy atom. The lowest BCUT2D eigenvalue weighted by Crippen LogP contribution is -2.20. The number of carbonyl (C=O) groups is 2. The first-order valence-corrected chi connectivity index (χ1v) is 10.3. The number of nitrogens with one attached hydrogen (secondary N) is 1. The van der Waals surface area contributed by atoms with Crippen molar-refractivity contribution in [3.63, 3.8) is 0 Å². The lowest BCUT2D eigenvalue weighted by atomic mass is 10.1. The molecule has 0 bridgehead atoms. The summed E-state index contributed by atoms with van der Waals surface area (Å²) in [6.45, 7) is 3.71. The molecule has 0 atom stereocenters. The molecule has 0 radical (unpaired) electrons. The third-order valence-electron chi connectivity index (χ3n) is 4.56. The molecule has 6 heteroatoms. The van der Waals surface area contributed by atoms with Gasteiger partial charge in [-0.1, -0.05) is 30.0 Å². The number of aliphatic hydroxyl groups excluding tert-OH is 1. The Bertz CT molecular complexity index is 1030. The number of esters is 1. The van der Waals surface area contributed by atoms with Gasteiger partial charge in [-0.3, -0.25) is 4.79 Å². The van der Waals surface area contributed by atoms with Crippen molar-refractivity contribution in [2.75, 3.05) is 11.9 Å². The Morgan fingerprint density at radius 2 is 1.57 bits per heavy atom. The average Bonchev–Trinajstić information content (AvgIpc) is 2.76. The van der Waals surface area contributed by atoms with Gasteiger partial charge in [0.2, 0.25) is 0 Å². The van der Waals surface area contributed by atoms with E-state index in [-0.39, 0.29) is 13.2 Å². The van der Waals surface area contributed by atoms with Crippen LogP contribution < -0.4 is 5.32 Å². The van der Waals surface area contributed by atoms with Gasteiger partial charge in [0.15, 0.2) is 6.61 Å². The van der Waals surface area contributed by atoms with Gasteiger partial charge in [0, 0.05) is 15.5 Å².